The first kappa shape index (κ1) is 15.6. The predicted octanol–water partition coefficient (Wildman–Crippen LogP) is 3.85. The van der Waals surface area contributed by atoms with Crippen LogP contribution in [0.2, 0.25) is 5.02 Å². The molecule has 5 heteroatoms. The van der Waals surface area contributed by atoms with Crippen LogP contribution in [-0.2, 0) is 0 Å². The first-order valence-corrected chi connectivity index (χ1v) is 7.86. The molecule has 2 N–H and O–H groups in total. The second-order valence-corrected chi connectivity index (χ2v) is 6.10. The number of nitrogens with zero attached hydrogens (tertiary/aromatic N) is 1. The number of hydrogen-bond acceptors (Lipinski definition) is 3. The normalized spacial score (nSPS) is 14.3. The van der Waals surface area contributed by atoms with Crippen LogP contribution in [0.1, 0.15) is 39.1 Å². The van der Waals surface area contributed by atoms with Crippen molar-refractivity contribution in [2.45, 2.75) is 19.8 Å². The molecular formula is C18H17ClN2O2. The molecule has 3 rings (SSSR count). The number of carbonyl (C=O) groups is 2. The highest BCUT2D eigenvalue weighted by Gasteiger charge is 2.27. The Bertz CT molecular complexity index is 802. The van der Waals surface area contributed by atoms with Crippen molar-refractivity contribution in [2.75, 3.05) is 17.2 Å². The third-order valence-corrected chi connectivity index (χ3v) is 4.39. The third kappa shape index (κ3) is 2.82. The average Bonchev–Trinajstić information content (AvgIpc) is 2.67. The van der Waals surface area contributed by atoms with E-state index in [0.717, 1.165) is 5.56 Å². The number of fused-ring (bicyclic) bond motifs is 1. The van der Waals surface area contributed by atoms with E-state index in [4.69, 9.17) is 17.3 Å². The van der Waals surface area contributed by atoms with Crippen molar-refractivity contribution in [3.63, 3.8) is 0 Å². The fourth-order valence-electron chi connectivity index (χ4n) is 2.94. The van der Waals surface area contributed by atoms with Gasteiger partial charge >= 0.3 is 0 Å². The minimum atomic E-state index is -0.212. The zero-order valence-corrected chi connectivity index (χ0v) is 13.6. The number of ketones is 1. The molecule has 0 atom stereocenters. The van der Waals surface area contributed by atoms with Crippen LogP contribution in [-0.4, -0.2) is 18.2 Å². The third-order valence-electron chi connectivity index (χ3n) is 4.07. The Morgan fingerprint density at radius 3 is 2.78 bits per heavy atom. The molecule has 118 valence electrons. The highest BCUT2D eigenvalue weighted by atomic mass is 35.5. The molecule has 0 saturated heterocycles. The van der Waals surface area contributed by atoms with Gasteiger partial charge in [0.25, 0.3) is 5.91 Å². The minimum absolute atomic E-state index is 0.0804. The maximum absolute atomic E-state index is 13.0. The summed E-state index contributed by atoms with van der Waals surface area (Å²) in [6.07, 6.45) is 1.07. The summed E-state index contributed by atoms with van der Waals surface area (Å²) in [4.78, 5) is 27.0. The maximum atomic E-state index is 13.0. The van der Waals surface area contributed by atoms with E-state index in [2.05, 4.69) is 0 Å². The van der Waals surface area contributed by atoms with Gasteiger partial charge in [-0.1, -0.05) is 23.7 Å². The van der Waals surface area contributed by atoms with Crippen molar-refractivity contribution in [1.82, 2.24) is 0 Å². The van der Waals surface area contributed by atoms with Crippen LogP contribution in [0.25, 0.3) is 0 Å². The zero-order valence-electron chi connectivity index (χ0n) is 12.8. The van der Waals surface area contributed by atoms with Gasteiger partial charge in [0.1, 0.15) is 0 Å². The van der Waals surface area contributed by atoms with E-state index >= 15 is 0 Å². The molecule has 0 aliphatic carbocycles. The van der Waals surface area contributed by atoms with E-state index in [0.29, 0.717) is 46.9 Å². The van der Waals surface area contributed by atoms with Crippen molar-refractivity contribution in [2.24, 2.45) is 0 Å². The largest absolute Gasteiger partial charge is 0.399 e. The molecule has 2 aromatic carbocycles. The Balaban J connectivity index is 2.09. The average molecular weight is 329 g/mol. The van der Waals surface area contributed by atoms with Crippen molar-refractivity contribution < 1.29 is 9.59 Å². The lowest BCUT2D eigenvalue weighted by atomic mass is 10.0. The Labute approximate surface area is 139 Å². The number of hydrogen-bond donors (Lipinski definition) is 1. The molecule has 0 spiro atoms. The van der Waals surface area contributed by atoms with Crippen molar-refractivity contribution in [3.8, 4) is 0 Å². The first-order valence-electron chi connectivity index (χ1n) is 7.48. The van der Waals surface area contributed by atoms with Crippen molar-refractivity contribution in [3.05, 3.63) is 58.1 Å². The van der Waals surface area contributed by atoms with Crippen LogP contribution >= 0.6 is 11.6 Å². The summed E-state index contributed by atoms with van der Waals surface area (Å²) in [5.41, 5.74) is 8.76. The molecule has 23 heavy (non-hydrogen) atoms. The molecule has 0 radical (unpaired) electrons. The van der Waals surface area contributed by atoms with Crippen LogP contribution < -0.4 is 10.6 Å². The molecule has 0 aromatic heterocycles. The van der Waals surface area contributed by atoms with Gasteiger partial charge in [-0.15, -0.1) is 0 Å². The van der Waals surface area contributed by atoms with E-state index in [1.165, 1.54) is 0 Å². The second-order valence-electron chi connectivity index (χ2n) is 5.69. The highest BCUT2D eigenvalue weighted by Crippen LogP contribution is 2.31. The minimum Gasteiger partial charge on any atom is -0.399 e. The van der Waals surface area contributed by atoms with Crippen molar-refractivity contribution in [1.29, 1.82) is 0 Å². The Kier molecular flexibility index (Phi) is 4.09. The van der Waals surface area contributed by atoms with E-state index in [9.17, 15) is 9.59 Å². The van der Waals surface area contributed by atoms with E-state index < -0.39 is 0 Å². The standard InChI is InChI=1S/C18H17ClN2O2/c1-11-4-2-5-15-17(11)16(22)6-3-9-21(15)18(23)13-8-7-12(20)10-14(13)19/h2,4-5,7-8,10H,3,6,9,20H2,1H3. The van der Waals surface area contributed by atoms with Crippen LogP contribution in [0.4, 0.5) is 11.4 Å². The van der Waals surface area contributed by atoms with E-state index in [-0.39, 0.29) is 11.7 Å². The Morgan fingerprint density at radius 2 is 2.04 bits per heavy atom. The van der Waals surface area contributed by atoms with Crippen LogP contribution in [0.15, 0.2) is 36.4 Å². The summed E-state index contributed by atoms with van der Waals surface area (Å²) < 4.78 is 0. The number of Topliss-reactive ketones (excluding diaryl/α,β-unsaturated/α-hetero) is 1. The lowest BCUT2D eigenvalue weighted by Gasteiger charge is -2.23. The molecule has 4 nitrogen and oxygen atoms in total. The van der Waals surface area contributed by atoms with Gasteiger partial charge in [0.15, 0.2) is 5.78 Å². The molecule has 1 aliphatic rings. The molecular weight excluding hydrogens is 312 g/mol. The molecule has 0 saturated carbocycles. The van der Waals surface area contributed by atoms with Crippen molar-refractivity contribution >= 4 is 34.7 Å². The number of anilines is 2. The van der Waals surface area contributed by atoms with Gasteiger partial charge < -0.3 is 10.6 Å². The number of nitrogens with two attached hydrogens (primary N) is 1. The summed E-state index contributed by atoms with van der Waals surface area (Å²) in [7, 11) is 0. The first-order chi connectivity index (χ1) is 11.0. The summed E-state index contributed by atoms with van der Waals surface area (Å²) in [6.45, 7) is 2.38. The lowest BCUT2D eigenvalue weighted by Crippen LogP contribution is -2.32. The topological polar surface area (TPSA) is 63.4 Å². The molecule has 0 fully saturated rings. The summed E-state index contributed by atoms with van der Waals surface area (Å²) >= 11 is 6.18. The molecule has 0 unspecified atom stereocenters. The SMILES string of the molecule is Cc1cccc2c1C(=O)CCCN2C(=O)c1ccc(N)cc1Cl. The Hall–Kier alpha value is -2.33. The number of rotatable bonds is 1. The number of carbonyl (C=O) groups excluding carboxylic acids is 2. The number of amides is 1. The Morgan fingerprint density at radius 1 is 1.26 bits per heavy atom. The van der Waals surface area contributed by atoms with Crippen LogP contribution in [0.3, 0.4) is 0 Å². The van der Waals surface area contributed by atoms with E-state index in [1.807, 2.05) is 25.1 Å². The fraction of sp³-hybridized carbons (Fsp3) is 0.222. The molecule has 0 bridgehead atoms. The zero-order chi connectivity index (χ0) is 16.6. The summed E-state index contributed by atoms with van der Waals surface area (Å²) in [5, 5.41) is 0.319. The van der Waals surface area contributed by atoms with Gasteiger partial charge in [0, 0.05) is 24.2 Å². The van der Waals surface area contributed by atoms with Crippen LogP contribution in [0.5, 0.6) is 0 Å². The van der Waals surface area contributed by atoms with E-state index in [1.54, 1.807) is 23.1 Å². The number of nitrogen functional groups attached to an aromatic ring is 1. The van der Waals surface area contributed by atoms with Crippen LogP contribution in [0, 0.1) is 6.92 Å². The predicted molar refractivity (Wildman–Crippen MR) is 92.3 cm³/mol. The number of aryl methyl sites for hydroxylation is 1. The summed E-state index contributed by atoms with van der Waals surface area (Å²) in [5.74, 6) is -0.131. The fourth-order valence-corrected chi connectivity index (χ4v) is 3.21. The molecule has 2 aromatic rings. The molecule has 1 aliphatic heterocycles. The highest BCUT2D eigenvalue weighted by molar-refractivity contribution is 6.35. The van der Waals surface area contributed by atoms with Gasteiger partial charge in [0.2, 0.25) is 0 Å². The van der Waals surface area contributed by atoms with Gasteiger partial charge in [-0.2, -0.15) is 0 Å². The lowest BCUT2D eigenvalue weighted by molar-refractivity contribution is 0.0973. The summed E-state index contributed by atoms with van der Waals surface area (Å²) in [6, 6.07) is 10.4. The molecule has 1 amide bonds. The quantitative estimate of drug-likeness (QED) is 0.809. The smallest absolute Gasteiger partial charge is 0.259 e. The second kappa shape index (κ2) is 6.05. The number of halogens is 1. The monoisotopic (exact) mass is 328 g/mol. The van der Waals surface area contributed by atoms with Gasteiger partial charge in [0.05, 0.1) is 16.3 Å². The van der Waals surface area contributed by atoms with Gasteiger partial charge in [-0.25, -0.2) is 0 Å². The molecule has 1 heterocycles. The number of benzene rings is 2. The van der Waals surface area contributed by atoms with Gasteiger partial charge in [-0.05, 0) is 43.2 Å². The van der Waals surface area contributed by atoms with Gasteiger partial charge in [-0.3, -0.25) is 9.59 Å². The maximum Gasteiger partial charge on any atom is 0.259 e.